The van der Waals surface area contributed by atoms with Crippen LogP contribution in [0.1, 0.15) is 114 Å². The zero-order valence-corrected chi connectivity index (χ0v) is 25.3. The molecule has 2 atom stereocenters. The fourth-order valence-electron chi connectivity index (χ4n) is 7.11. The van der Waals surface area contributed by atoms with Crippen LogP contribution >= 0.6 is 0 Å². The summed E-state index contributed by atoms with van der Waals surface area (Å²) in [6.07, 6.45) is 9.25. The Balaban J connectivity index is 2.57. The zero-order chi connectivity index (χ0) is 24.1. The molecular formula is C28H55NOSi2. The number of hydrogen-bond donors (Lipinski definition) is 0. The Morgan fingerprint density at radius 1 is 0.875 bits per heavy atom. The summed E-state index contributed by atoms with van der Waals surface area (Å²) in [6.45, 7) is 24.1. The van der Waals surface area contributed by atoms with Gasteiger partial charge in [-0.3, -0.25) is 0 Å². The highest BCUT2D eigenvalue weighted by atomic mass is 28.4. The van der Waals surface area contributed by atoms with Crippen molar-refractivity contribution in [2.45, 2.75) is 155 Å². The summed E-state index contributed by atoms with van der Waals surface area (Å²) in [5.74, 6) is 0.704. The molecule has 2 unspecified atom stereocenters. The van der Waals surface area contributed by atoms with E-state index in [-0.39, 0.29) is 0 Å². The molecule has 32 heavy (non-hydrogen) atoms. The molecule has 0 radical (unpaired) electrons. The average molecular weight is 478 g/mol. The number of rotatable bonds is 12. The molecule has 0 aromatic carbocycles. The molecule has 2 nitrogen and oxygen atoms in total. The molecular weight excluding hydrogens is 422 g/mol. The van der Waals surface area contributed by atoms with E-state index in [9.17, 15) is 0 Å². The molecule has 4 heteroatoms. The molecule has 0 heterocycles. The third-order valence-corrected chi connectivity index (χ3v) is 19.9. The van der Waals surface area contributed by atoms with E-state index in [1.807, 2.05) is 0 Å². The minimum absolute atomic E-state index is 0.355. The Labute approximate surface area is 203 Å². The SMILES string of the molecule is CCCCC1=C2C(CCCC2O[Si](C(C)C)(C(C)C)C(C)C)C/C1=N\[Si](CC)(CC)CC. The van der Waals surface area contributed by atoms with Crippen molar-refractivity contribution in [2.75, 3.05) is 0 Å². The van der Waals surface area contributed by atoms with Gasteiger partial charge in [-0.05, 0) is 90.3 Å². The molecule has 186 valence electrons. The van der Waals surface area contributed by atoms with Crippen LogP contribution in [-0.4, -0.2) is 28.4 Å². The Bertz CT molecular complexity index is 630. The molecule has 0 bridgehead atoms. The molecule has 2 aliphatic carbocycles. The smallest absolute Gasteiger partial charge is 0.201 e. The van der Waals surface area contributed by atoms with Crippen LogP contribution in [0.2, 0.25) is 34.8 Å². The minimum Gasteiger partial charge on any atom is -0.409 e. The fraction of sp³-hybridized carbons (Fsp3) is 0.893. The molecule has 0 spiro atoms. The van der Waals surface area contributed by atoms with Crippen molar-refractivity contribution in [3.05, 3.63) is 11.1 Å². The largest absolute Gasteiger partial charge is 0.409 e. The van der Waals surface area contributed by atoms with Gasteiger partial charge in [0.1, 0.15) is 0 Å². The Morgan fingerprint density at radius 2 is 1.44 bits per heavy atom. The summed E-state index contributed by atoms with van der Waals surface area (Å²) >= 11 is 0. The molecule has 1 saturated carbocycles. The maximum Gasteiger partial charge on any atom is 0.201 e. The van der Waals surface area contributed by atoms with Gasteiger partial charge in [-0.15, -0.1) is 0 Å². The maximum absolute atomic E-state index is 7.48. The van der Waals surface area contributed by atoms with Gasteiger partial charge in [0, 0.05) is 5.71 Å². The summed E-state index contributed by atoms with van der Waals surface area (Å²) in [5, 5.41) is 0. The molecule has 0 aromatic rings. The summed E-state index contributed by atoms with van der Waals surface area (Å²) in [7, 11) is -3.42. The lowest BCUT2D eigenvalue weighted by atomic mass is 9.83. The van der Waals surface area contributed by atoms with Crippen LogP contribution in [0.3, 0.4) is 0 Å². The first-order chi connectivity index (χ1) is 15.1. The van der Waals surface area contributed by atoms with Crippen LogP contribution in [-0.2, 0) is 4.43 Å². The highest BCUT2D eigenvalue weighted by Crippen LogP contribution is 2.49. The third kappa shape index (κ3) is 5.54. The minimum atomic E-state index is -1.89. The lowest BCUT2D eigenvalue weighted by molar-refractivity contribution is 0.161. The van der Waals surface area contributed by atoms with E-state index < -0.39 is 16.6 Å². The molecule has 2 aliphatic rings. The van der Waals surface area contributed by atoms with E-state index in [2.05, 4.69) is 69.2 Å². The van der Waals surface area contributed by atoms with Crippen molar-refractivity contribution >= 4 is 22.3 Å². The Hall–Kier alpha value is -0.196. The first-order valence-corrected chi connectivity index (χ1v) is 18.8. The molecule has 0 aromatic heterocycles. The Morgan fingerprint density at radius 3 is 1.91 bits per heavy atom. The van der Waals surface area contributed by atoms with Crippen molar-refractivity contribution < 1.29 is 4.43 Å². The quantitative estimate of drug-likeness (QED) is 0.256. The predicted molar refractivity (Wildman–Crippen MR) is 149 cm³/mol. The standard InChI is InChI=1S/C28H55NOSi2/c1-11-15-18-25-26(29-31(12-2,13-3)14-4)20-24-17-16-19-27(28(24)25)30-32(21(5)6,22(7)8)23(9)10/h21-24,27H,11-20H2,1-10H3/b29-26+. The second-order valence-corrected chi connectivity index (χ2v) is 21.8. The van der Waals surface area contributed by atoms with Gasteiger partial charge in [-0.1, -0.05) is 75.7 Å². The van der Waals surface area contributed by atoms with Crippen molar-refractivity contribution in [1.29, 1.82) is 0 Å². The lowest BCUT2D eigenvalue weighted by Crippen LogP contribution is -2.51. The van der Waals surface area contributed by atoms with Gasteiger partial charge >= 0.3 is 0 Å². The number of nitrogens with zero attached hydrogens (tertiary/aromatic N) is 1. The van der Waals surface area contributed by atoms with Crippen molar-refractivity contribution in [1.82, 2.24) is 0 Å². The first kappa shape index (κ1) is 28.0. The number of hydrogen-bond acceptors (Lipinski definition) is 2. The third-order valence-electron chi connectivity index (χ3n) is 9.12. The van der Waals surface area contributed by atoms with E-state index in [0.29, 0.717) is 28.6 Å². The van der Waals surface area contributed by atoms with Gasteiger partial charge < -0.3 is 9.08 Å². The summed E-state index contributed by atoms with van der Waals surface area (Å²) in [6, 6.07) is 3.86. The van der Waals surface area contributed by atoms with Gasteiger partial charge in [0.15, 0.2) is 8.24 Å². The van der Waals surface area contributed by atoms with Crippen molar-refractivity contribution in [3.63, 3.8) is 0 Å². The van der Waals surface area contributed by atoms with Crippen LogP contribution in [0, 0.1) is 5.92 Å². The topological polar surface area (TPSA) is 21.6 Å². The van der Waals surface area contributed by atoms with Crippen molar-refractivity contribution in [2.24, 2.45) is 10.6 Å². The molecule has 0 N–H and O–H groups in total. The number of fused-ring (bicyclic) bond motifs is 1. The van der Waals surface area contributed by atoms with Gasteiger partial charge in [-0.25, -0.2) is 0 Å². The van der Waals surface area contributed by atoms with Crippen LogP contribution in [0.15, 0.2) is 15.8 Å². The monoisotopic (exact) mass is 477 g/mol. The second kappa shape index (κ2) is 12.0. The second-order valence-electron chi connectivity index (χ2n) is 11.6. The van der Waals surface area contributed by atoms with Gasteiger partial charge in [0.05, 0.1) is 6.10 Å². The molecule has 0 amide bonds. The zero-order valence-electron chi connectivity index (χ0n) is 23.3. The van der Waals surface area contributed by atoms with Gasteiger partial charge in [-0.2, -0.15) is 0 Å². The van der Waals surface area contributed by atoms with Crippen LogP contribution in [0.25, 0.3) is 0 Å². The summed E-state index contributed by atoms with van der Waals surface area (Å²) < 4.78 is 13.2. The average Bonchev–Trinajstić information content (AvgIpc) is 3.11. The fourth-order valence-corrected chi connectivity index (χ4v) is 15.4. The highest BCUT2D eigenvalue weighted by Gasteiger charge is 2.49. The lowest BCUT2D eigenvalue weighted by Gasteiger charge is -2.46. The maximum atomic E-state index is 7.48. The molecule has 0 aliphatic heterocycles. The van der Waals surface area contributed by atoms with E-state index in [1.165, 1.54) is 68.8 Å². The number of unbranched alkanes of at least 4 members (excludes halogenated alkanes) is 1. The van der Waals surface area contributed by atoms with Crippen LogP contribution in [0.5, 0.6) is 0 Å². The van der Waals surface area contributed by atoms with Gasteiger partial charge in [0.2, 0.25) is 8.32 Å². The predicted octanol–water partition coefficient (Wildman–Crippen LogP) is 9.68. The molecule has 1 fully saturated rings. The van der Waals surface area contributed by atoms with E-state index in [0.717, 1.165) is 0 Å². The van der Waals surface area contributed by atoms with Gasteiger partial charge in [0.25, 0.3) is 0 Å². The normalized spacial score (nSPS) is 23.8. The van der Waals surface area contributed by atoms with Crippen molar-refractivity contribution in [3.8, 4) is 0 Å². The molecule has 2 rings (SSSR count). The van der Waals surface area contributed by atoms with E-state index >= 15 is 0 Å². The van der Waals surface area contributed by atoms with E-state index in [4.69, 9.17) is 9.08 Å². The van der Waals surface area contributed by atoms with Crippen LogP contribution in [0.4, 0.5) is 0 Å². The van der Waals surface area contributed by atoms with E-state index in [1.54, 1.807) is 11.1 Å². The van der Waals surface area contributed by atoms with Crippen LogP contribution < -0.4 is 0 Å². The molecule has 0 saturated heterocycles. The highest BCUT2D eigenvalue weighted by molar-refractivity contribution is 6.79. The first-order valence-electron chi connectivity index (χ1n) is 14.1. The summed E-state index contributed by atoms with van der Waals surface area (Å²) in [4.78, 5) is 0. The Kier molecular flexibility index (Phi) is 10.5. The summed E-state index contributed by atoms with van der Waals surface area (Å²) in [5.41, 5.74) is 6.85. The number of allylic oxidation sites excluding steroid dienone is 1.